The molecule has 4 atom stereocenters. The van der Waals surface area contributed by atoms with Crippen molar-refractivity contribution in [1.29, 1.82) is 0 Å². The van der Waals surface area contributed by atoms with Crippen molar-refractivity contribution in [3.05, 3.63) is 53.9 Å². The highest BCUT2D eigenvalue weighted by Gasteiger charge is 2.49. The van der Waals surface area contributed by atoms with E-state index in [-0.39, 0.29) is 36.0 Å². The fourth-order valence-corrected chi connectivity index (χ4v) is 12.2. The normalized spacial score (nSPS) is 20.6. The van der Waals surface area contributed by atoms with Crippen LogP contribution in [0.15, 0.2) is 41.4 Å². The van der Waals surface area contributed by atoms with E-state index < -0.39 is 30.5 Å². The van der Waals surface area contributed by atoms with Gasteiger partial charge in [0.05, 0.1) is 24.5 Å². The van der Waals surface area contributed by atoms with E-state index in [1.54, 1.807) is 6.92 Å². The number of nitrogens with one attached hydrogen (secondary N) is 1. The molecule has 0 saturated heterocycles. The Labute approximate surface area is 244 Å². The molecule has 2 aromatic rings. The summed E-state index contributed by atoms with van der Waals surface area (Å²) in [5.74, 6) is -0.336. The molecule has 1 fully saturated rings. The Kier molecular flexibility index (Phi) is 10.7. The van der Waals surface area contributed by atoms with Crippen molar-refractivity contribution in [2.24, 2.45) is 11.1 Å². The van der Waals surface area contributed by atoms with Gasteiger partial charge in [0.1, 0.15) is 18.2 Å². The minimum Gasteiger partial charge on any atom is -0.460 e. The zero-order chi connectivity index (χ0) is 30.7. The summed E-state index contributed by atoms with van der Waals surface area (Å²) in [4.78, 5) is 21.7. The largest absolute Gasteiger partial charge is 0.460 e. The van der Waals surface area contributed by atoms with E-state index in [2.05, 4.69) is 63.4 Å². The van der Waals surface area contributed by atoms with Crippen molar-refractivity contribution in [3.63, 3.8) is 0 Å². The number of hydrogen-bond acceptors (Lipinski definition) is 10. The Balaban J connectivity index is 1.87. The molecule has 13 heteroatoms. The quantitative estimate of drug-likeness (QED) is 0.153. The maximum atomic E-state index is 13.4. The van der Waals surface area contributed by atoms with E-state index in [4.69, 9.17) is 18.2 Å². The van der Waals surface area contributed by atoms with Crippen LogP contribution in [0.2, 0.25) is 16.6 Å². The zero-order valence-electron chi connectivity index (χ0n) is 25.0. The third-order valence-electron chi connectivity index (χ3n) is 8.06. The molecule has 0 radical (unpaired) electrons. The predicted octanol–water partition coefficient (Wildman–Crippen LogP) is 4.88. The monoisotopic (exact) mass is 608 g/mol. The van der Waals surface area contributed by atoms with Gasteiger partial charge in [-0.15, -0.1) is 0 Å². The molecule has 0 aromatic carbocycles. The first-order valence-corrected chi connectivity index (χ1v) is 17.6. The van der Waals surface area contributed by atoms with Crippen molar-refractivity contribution in [3.8, 4) is 0 Å². The number of ketones is 1. The molecule has 2 heterocycles. The van der Waals surface area contributed by atoms with Crippen molar-refractivity contribution >= 4 is 30.2 Å². The lowest BCUT2D eigenvalue weighted by molar-refractivity contribution is 0.101. The molecule has 41 heavy (non-hydrogen) atoms. The van der Waals surface area contributed by atoms with E-state index in [1.165, 1.54) is 24.9 Å². The van der Waals surface area contributed by atoms with Crippen LogP contribution in [0, 0.1) is 5.92 Å². The van der Waals surface area contributed by atoms with Crippen molar-refractivity contribution in [2.75, 3.05) is 11.9 Å². The van der Waals surface area contributed by atoms with Gasteiger partial charge in [0, 0.05) is 23.7 Å². The Morgan fingerprint density at radius 1 is 1.22 bits per heavy atom. The molecule has 1 aliphatic carbocycles. The maximum absolute atomic E-state index is 13.4. The lowest BCUT2D eigenvalue weighted by Crippen LogP contribution is -2.51. The van der Waals surface area contributed by atoms with Crippen LogP contribution in [-0.2, 0) is 18.9 Å². The Morgan fingerprint density at radius 3 is 2.41 bits per heavy atom. The van der Waals surface area contributed by atoms with Gasteiger partial charge < -0.3 is 19.3 Å². The predicted molar refractivity (Wildman–Crippen MR) is 159 cm³/mol. The SMILES string of the molecule is C=C(C)[C@H](O)c1coc(C(=O)c2cncnc2N[C@@H]2C[C@H](COS(N)(=O)=O)[C@@H](O[Si](C(C)C)(C(C)C)C(C)C)C2)c1. The molecule has 3 rings (SSSR count). The fourth-order valence-electron chi connectivity index (χ4n) is 6.21. The van der Waals surface area contributed by atoms with Gasteiger partial charge in [0.2, 0.25) is 14.1 Å². The number of carbonyl (C=O) groups excluding carboxylic acids is 1. The summed E-state index contributed by atoms with van der Waals surface area (Å²) in [6, 6.07) is 1.29. The Hall–Kier alpha value is -2.42. The van der Waals surface area contributed by atoms with E-state index in [9.17, 15) is 18.3 Å². The molecule has 0 spiro atoms. The number of carbonyl (C=O) groups is 1. The lowest BCUT2D eigenvalue weighted by Gasteiger charge is -2.45. The van der Waals surface area contributed by atoms with Crippen LogP contribution in [0.3, 0.4) is 0 Å². The number of anilines is 1. The highest BCUT2D eigenvalue weighted by atomic mass is 32.2. The van der Waals surface area contributed by atoms with Crippen LogP contribution in [0.1, 0.15) is 89.1 Å². The minimum atomic E-state index is -4.13. The summed E-state index contributed by atoms with van der Waals surface area (Å²) in [6.07, 6.45) is 3.94. The van der Waals surface area contributed by atoms with E-state index >= 15 is 0 Å². The number of rotatable bonds is 14. The van der Waals surface area contributed by atoms with E-state index in [0.717, 1.165) is 0 Å². The maximum Gasteiger partial charge on any atom is 0.333 e. The number of aliphatic hydroxyl groups excluding tert-OH is 1. The minimum absolute atomic E-state index is 0.0341. The van der Waals surface area contributed by atoms with Crippen LogP contribution in [0.25, 0.3) is 0 Å². The summed E-state index contributed by atoms with van der Waals surface area (Å²) in [5, 5.41) is 18.8. The summed E-state index contributed by atoms with van der Waals surface area (Å²) in [5.41, 5.74) is 2.16. The molecule has 2 aromatic heterocycles. The van der Waals surface area contributed by atoms with Crippen molar-refractivity contribution in [2.45, 2.75) is 96.2 Å². The van der Waals surface area contributed by atoms with Gasteiger partial charge in [0.25, 0.3) is 0 Å². The number of hydrogen-bond donors (Lipinski definition) is 3. The molecule has 0 unspecified atom stereocenters. The first kappa shape index (κ1) is 33.1. The van der Waals surface area contributed by atoms with Crippen LogP contribution < -0.4 is 10.5 Å². The standard InChI is InChI=1S/C28H44N4O7SSi/c1-16(2)26(33)21-10-25(37-13-21)27(34)23-12-30-15-31-28(23)32-22-9-20(14-38-40(29,35)36)24(11-22)39-41(17(3)4,18(5)6)19(7)8/h10,12-13,15,17-20,22,24,26,33H,1,9,11,14H2,2-8H3,(H2,29,35,36)(H,30,31,32)/t20-,22-,24+,26+/m1/s1. The molecule has 1 aliphatic rings. The lowest BCUT2D eigenvalue weighted by atomic mass is 10.1. The van der Waals surface area contributed by atoms with Gasteiger partial charge >= 0.3 is 10.3 Å². The number of aliphatic hydroxyl groups is 1. The summed E-state index contributed by atoms with van der Waals surface area (Å²) in [6.45, 7) is 18.5. The molecule has 11 nitrogen and oxygen atoms in total. The third-order valence-corrected chi connectivity index (χ3v) is 14.7. The van der Waals surface area contributed by atoms with E-state index in [0.29, 0.717) is 46.4 Å². The average Bonchev–Trinajstić information content (AvgIpc) is 3.51. The molecule has 4 N–H and O–H groups in total. The first-order valence-electron chi connectivity index (χ1n) is 13.9. The zero-order valence-corrected chi connectivity index (χ0v) is 26.8. The van der Waals surface area contributed by atoms with Crippen LogP contribution in [0.5, 0.6) is 0 Å². The Bertz CT molecular complexity index is 1310. The van der Waals surface area contributed by atoms with Gasteiger partial charge in [-0.05, 0) is 48.0 Å². The second-order valence-electron chi connectivity index (χ2n) is 11.9. The van der Waals surface area contributed by atoms with Gasteiger partial charge in [-0.3, -0.25) is 8.98 Å². The van der Waals surface area contributed by atoms with Gasteiger partial charge in [0.15, 0.2) is 5.76 Å². The third kappa shape index (κ3) is 7.70. The highest BCUT2D eigenvalue weighted by molar-refractivity contribution is 7.84. The smallest absolute Gasteiger partial charge is 0.333 e. The molecule has 0 bridgehead atoms. The van der Waals surface area contributed by atoms with Gasteiger partial charge in [-0.1, -0.05) is 48.1 Å². The molecule has 1 saturated carbocycles. The topological polar surface area (TPSA) is 167 Å². The van der Waals surface area contributed by atoms with Crippen LogP contribution in [-0.4, -0.2) is 56.3 Å². The fraction of sp³-hybridized carbons (Fsp3) is 0.607. The molecule has 0 aliphatic heterocycles. The number of nitrogens with two attached hydrogens (primary N) is 1. The number of aromatic nitrogens is 2. The van der Waals surface area contributed by atoms with Crippen molar-refractivity contribution in [1.82, 2.24) is 9.97 Å². The van der Waals surface area contributed by atoms with Crippen molar-refractivity contribution < 1.29 is 31.3 Å². The molecule has 0 amide bonds. The number of nitrogens with zero attached hydrogens (tertiary/aromatic N) is 2. The van der Waals surface area contributed by atoms with E-state index in [1.807, 2.05) is 0 Å². The second kappa shape index (κ2) is 13.3. The molecule has 228 valence electrons. The summed E-state index contributed by atoms with van der Waals surface area (Å²) < 4.78 is 40.8. The second-order valence-corrected chi connectivity index (χ2v) is 18.6. The number of furan rings is 1. The van der Waals surface area contributed by atoms with Crippen LogP contribution in [0.4, 0.5) is 5.82 Å². The molecular formula is C28H44N4O7SSi. The summed E-state index contributed by atoms with van der Waals surface area (Å²) >= 11 is 0. The first-order chi connectivity index (χ1) is 19.1. The average molecular weight is 609 g/mol. The molecular weight excluding hydrogens is 564 g/mol. The Morgan fingerprint density at radius 2 is 1.85 bits per heavy atom. The summed E-state index contributed by atoms with van der Waals surface area (Å²) in [7, 11) is -6.43. The van der Waals surface area contributed by atoms with Gasteiger partial charge in [-0.25, -0.2) is 15.1 Å². The van der Waals surface area contributed by atoms with Gasteiger partial charge in [-0.2, -0.15) is 8.42 Å². The highest BCUT2D eigenvalue weighted by Crippen LogP contribution is 2.46. The van der Waals surface area contributed by atoms with Crippen LogP contribution >= 0.6 is 0 Å².